The number of hydrogen-bond acceptors (Lipinski definition) is 4. The van der Waals surface area contributed by atoms with Crippen LogP contribution in [-0.4, -0.2) is 24.8 Å². The highest BCUT2D eigenvalue weighted by molar-refractivity contribution is 6.11. The molecule has 4 rings (SSSR count). The van der Waals surface area contributed by atoms with Crippen molar-refractivity contribution in [2.45, 2.75) is 46.0 Å². The van der Waals surface area contributed by atoms with Gasteiger partial charge in [-0.25, -0.2) is 0 Å². The second-order valence-electron chi connectivity index (χ2n) is 9.54. The smallest absolute Gasteiger partial charge is 0.193 e. The van der Waals surface area contributed by atoms with E-state index < -0.39 is 0 Å². The molecule has 4 nitrogen and oxygen atoms in total. The van der Waals surface area contributed by atoms with Crippen LogP contribution in [-0.2, 0) is 6.42 Å². The molecule has 0 N–H and O–H groups in total. The molecule has 4 aromatic carbocycles. The number of ketones is 2. The minimum Gasteiger partial charge on any atom is -0.493 e. The largest absolute Gasteiger partial charge is 0.493 e. The van der Waals surface area contributed by atoms with Crippen molar-refractivity contribution in [2.24, 2.45) is 0 Å². The van der Waals surface area contributed by atoms with Crippen LogP contribution in [0.5, 0.6) is 11.5 Å². The normalized spacial score (nSPS) is 10.7. The Hall–Kier alpha value is -4.18. The van der Waals surface area contributed by atoms with E-state index in [4.69, 9.17) is 9.47 Å². The maximum atomic E-state index is 13.7. The maximum Gasteiger partial charge on any atom is 0.193 e. The second-order valence-corrected chi connectivity index (χ2v) is 9.54. The van der Waals surface area contributed by atoms with Gasteiger partial charge in [0.05, 0.1) is 13.2 Å². The molecule has 0 saturated carbocycles. The molecule has 0 spiro atoms. The van der Waals surface area contributed by atoms with Crippen LogP contribution in [0.3, 0.4) is 0 Å². The van der Waals surface area contributed by atoms with E-state index in [1.165, 1.54) is 0 Å². The molecule has 0 amide bonds. The number of ether oxygens (including phenoxy) is 2. The van der Waals surface area contributed by atoms with Gasteiger partial charge in [-0.05, 0) is 25.0 Å². The predicted octanol–water partition coefficient (Wildman–Crippen LogP) is 8.10. The van der Waals surface area contributed by atoms with Gasteiger partial charge in [0, 0.05) is 39.8 Å². The van der Waals surface area contributed by atoms with Crippen molar-refractivity contribution in [3.8, 4) is 11.5 Å². The van der Waals surface area contributed by atoms with Gasteiger partial charge >= 0.3 is 0 Å². The molecular formula is C35H36O4. The van der Waals surface area contributed by atoms with Crippen LogP contribution < -0.4 is 9.47 Å². The zero-order valence-electron chi connectivity index (χ0n) is 22.8. The lowest BCUT2D eigenvalue weighted by molar-refractivity contribution is 0.103. The summed E-state index contributed by atoms with van der Waals surface area (Å²) in [5.74, 6) is 1.16. The number of rotatable bonds is 14. The van der Waals surface area contributed by atoms with Gasteiger partial charge in [-0.3, -0.25) is 9.59 Å². The van der Waals surface area contributed by atoms with Crippen LogP contribution in [0.2, 0.25) is 0 Å². The molecule has 39 heavy (non-hydrogen) atoms. The third-order valence-electron chi connectivity index (χ3n) is 6.69. The molecule has 0 heterocycles. The van der Waals surface area contributed by atoms with Crippen LogP contribution in [0.1, 0.15) is 82.5 Å². The summed E-state index contributed by atoms with van der Waals surface area (Å²) in [5, 5.41) is 0. The van der Waals surface area contributed by atoms with E-state index in [1.807, 2.05) is 97.1 Å². The number of benzene rings is 4. The summed E-state index contributed by atoms with van der Waals surface area (Å²) in [6.45, 7) is 5.34. The minimum atomic E-state index is -0.0770. The SMILES string of the molecule is CCCCOc1cccc(C(=O)c2ccccc2)c1Cc1c(OCCCC)cccc1C(=O)c1ccccc1. The highest BCUT2D eigenvalue weighted by Gasteiger charge is 2.23. The summed E-state index contributed by atoms with van der Waals surface area (Å²) in [5.41, 5.74) is 3.87. The average molecular weight is 521 g/mol. The fourth-order valence-electron chi connectivity index (χ4n) is 4.51. The molecular weight excluding hydrogens is 484 g/mol. The molecule has 0 radical (unpaired) electrons. The topological polar surface area (TPSA) is 52.6 Å². The molecule has 0 aliphatic rings. The predicted molar refractivity (Wildman–Crippen MR) is 156 cm³/mol. The fraction of sp³-hybridized carbons (Fsp3) is 0.257. The van der Waals surface area contributed by atoms with Crippen LogP contribution in [0, 0.1) is 0 Å². The monoisotopic (exact) mass is 520 g/mol. The molecule has 200 valence electrons. The number of carbonyl (C=O) groups excluding carboxylic acids is 2. The molecule has 4 heteroatoms. The fourth-order valence-corrected chi connectivity index (χ4v) is 4.51. The van der Waals surface area contributed by atoms with Crippen LogP contribution in [0.4, 0.5) is 0 Å². The Morgan fingerprint density at radius 3 is 1.33 bits per heavy atom. The van der Waals surface area contributed by atoms with E-state index in [0.29, 0.717) is 53.4 Å². The summed E-state index contributed by atoms with van der Waals surface area (Å²) in [6, 6.07) is 29.8. The third kappa shape index (κ3) is 7.02. The molecule has 0 aliphatic heterocycles. The Morgan fingerprint density at radius 2 is 0.949 bits per heavy atom. The first-order valence-electron chi connectivity index (χ1n) is 13.8. The van der Waals surface area contributed by atoms with Crippen molar-refractivity contribution in [1.29, 1.82) is 0 Å². The Balaban J connectivity index is 1.84. The maximum absolute atomic E-state index is 13.7. The summed E-state index contributed by atoms with van der Waals surface area (Å²) in [7, 11) is 0. The zero-order valence-corrected chi connectivity index (χ0v) is 22.8. The highest BCUT2D eigenvalue weighted by atomic mass is 16.5. The number of carbonyl (C=O) groups is 2. The molecule has 4 aromatic rings. The van der Waals surface area contributed by atoms with E-state index in [0.717, 1.165) is 36.8 Å². The molecule has 0 fully saturated rings. The van der Waals surface area contributed by atoms with Crippen LogP contribution >= 0.6 is 0 Å². The van der Waals surface area contributed by atoms with Crippen molar-refractivity contribution in [3.63, 3.8) is 0 Å². The Kier molecular flexibility index (Phi) is 10.1. The van der Waals surface area contributed by atoms with Crippen molar-refractivity contribution in [1.82, 2.24) is 0 Å². The minimum absolute atomic E-state index is 0.0770. The van der Waals surface area contributed by atoms with E-state index in [1.54, 1.807) is 0 Å². The van der Waals surface area contributed by atoms with Gasteiger partial charge in [-0.1, -0.05) is 112 Å². The van der Waals surface area contributed by atoms with E-state index >= 15 is 0 Å². The van der Waals surface area contributed by atoms with Gasteiger partial charge in [-0.15, -0.1) is 0 Å². The van der Waals surface area contributed by atoms with Gasteiger partial charge in [0.2, 0.25) is 0 Å². The van der Waals surface area contributed by atoms with Gasteiger partial charge in [0.15, 0.2) is 11.6 Å². The van der Waals surface area contributed by atoms with Crippen molar-refractivity contribution < 1.29 is 19.1 Å². The lowest BCUT2D eigenvalue weighted by Gasteiger charge is -2.19. The number of unbranched alkanes of at least 4 members (excludes halogenated alkanes) is 2. The van der Waals surface area contributed by atoms with E-state index in [2.05, 4.69) is 13.8 Å². The van der Waals surface area contributed by atoms with Crippen molar-refractivity contribution in [3.05, 3.63) is 130 Å². The lowest BCUT2D eigenvalue weighted by atomic mass is 9.89. The van der Waals surface area contributed by atoms with Crippen LogP contribution in [0.25, 0.3) is 0 Å². The Bertz CT molecular complexity index is 1270. The standard InChI is InChI=1S/C35H36O4/c1-3-5-23-38-32-21-13-19-28(34(36)26-15-9-7-10-16-26)30(32)25-31-29(35(37)27-17-11-8-12-18-27)20-14-22-33(31)39-24-6-4-2/h7-22H,3-6,23-25H2,1-2H3. The lowest BCUT2D eigenvalue weighted by Crippen LogP contribution is -2.13. The zero-order chi connectivity index (χ0) is 27.5. The molecule has 0 atom stereocenters. The molecule has 0 aliphatic carbocycles. The van der Waals surface area contributed by atoms with E-state index in [9.17, 15) is 9.59 Å². The van der Waals surface area contributed by atoms with Crippen molar-refractivity contribution in [2.75, 3.05) is 13.2 Å². The molecule has 0 saturated heterocycles. The second kappa shape index (κ2) is 14.1. The summed E-state index contributed by atoms with van der Waals surface area (Å²) in [6.07, 6.45) is 4.14. The summed E-state index contributed by atoms with van der Waals surface area (Å²) >= 11 is 0. The van der Waals surface area contributed by atoms with E-state index in [-0.39, 0.29) is 11.6 Å². The molecule has 0 unspecified atom stereocenters. The van der Waals surface area contributed by atoms with Gasteiger partial charge in [0.25, 0.3) is 0 Å². The quantitative estimate of drug-likeness (QED) is 0.125. The first-order chi connectivity index (χ1) is 19.1. The Labute approximate surface area is 231 Å². The van der Waals surface area contributed by atoms with Crippen molar-refractivity contribution >= 4 is 11.6 Å². The number of hydrogen-bond donors (Lipinski definition) is 0. The van der Waals surface area contributed by atoms with Gasteiger partial charge in [-0.2, -0.15) is 0 Å². The summed E-state index contributed by atoms with van der Waals surface area (Å²) in [4.78, 5) is 27.4. The van der Waals surface area contributed by atoms with Gasteiger partial charge < -0.3 is 9.47 Å². The van der Waals surface area contributed by atoms with Crippen LogP contribution in [0.15, 0.2) is 97.1 Å². The first-order valence-corrected chi connectivity index (χ1v) is 13.8. The Morgan fingerprint density at radius 1 is 0.538 bits per heavy atom. The average Bonchev–Trinajstić information content (AvgIpc) is 2.99. The highest BCUT2D eigenvalue weighted by Crippen LogP contribution is 2.34. The molecule has 0 aromatic heterocycles. The summed E-state index contributed by atoms with van der Waals surface area (Å²) < 4.78 is 12.4. The third-order valence-corrected chi connectivity index (χ3v) is 6.69. The van der Waals surface area contributed by atoms with Gasteiger partial charge in [0.1, 0.15) is 11.5 Å². The molecule has 0 bridgehead atoms. The first kappa shape index (κ1) is 27.8.